The summed E-state index contributed by atoms with van der Waals surface area (Å²) in [4.78, 5) is 2.61. The zero-order chi connectivity index (χ0) is 9.90. The highest BCUT2D eigenvalue weighted by atomic mass is 15.2. The molecular formula is C11H24N2. The van der Waals surface area contributed by atoms with Gasteiger partial charge in [-0.1, -0.05) is 20.3 Å². The van der Waals surface area contributed by atoms with E-state index in [1.165, 1.54) is 25.7 Å². The first-order valence-electron chi connectivity index (χ1n) is 5.64. The Balaban J connectivity index is 2.59. The Morgan fingerprint density at radius 1 is 1.38 bits per heavy atom. The summed E-state index contributed by atoms with van der Waals surface area (Å²) in [7, 11) is 0. The third kappa shape index (κ3) is 2.44. The van der Waals surface area contributed by atoms with Crippen molar-refractivity contribution in [3.05, 3.63) is 0 Å². The van der Waals surface area contributed by atoms with Crippen LogP contribution in [0, 0.1) is 0 Å². The molecule has 1 atom stereocenters. The molecule has 0 aromatic rings. The van der Waals surface area contributed by atoms with E-state index in [9.17, 15) is 0 Å². The van der Waals surface area contributed by atoms with E-state index >= 15 is 0 Å². The first-order valence-corrected chi connectivity index (χ1v) is 5.64. The Bertz CT molecular complexity index is 154. The van der Waals surface area contributed by atoms with E-state index in [-0.39, 0.29) is 5.54 Å². The highest BCUT2D eigenvalue weighted by Gasteiger charge is 2.38. The number of hydrogen-bond acceptors (Lipinski definition) is 2. The summed E-state index contributed by atoms with van der Waals surface area (Å²) in [5, 5.41) is 0. The number of nitrogens with two attached hydrogens (primary N) is 1. The molecule has 2 N–H and O–H groups in total. The normalized spacial score (nSPS) is 21.9. The summed E-state index contributed by atoms with van der Waals surface area (Å²) in [5.74, 6) is 0. The molecule has 1 saturated carbocycles. The molecule has 0 aromatic heterocycles. The lowest BCUT2D eigenvalue weighted by molar-refractivity contribution is 0.0980. The largest absolute Gasteiger partial charge is 0.329 e. The van der Waals surface area contributed by atoms with Crippen molar-refractivity contribution in [2.75, 3.05) is 13.1 Å². The van der Waals surface area contributed by atoms with E-state index in [1.54, 1.807) is 0 Å². The lowest BCUT2D eigenvalue weighted by atomic mass is 9.93. The van der Waals surface area contributed by atoms with E-state index in [0.717, 1.165) is 19.1 Å². The molecular weight excluding hydrogens is 160 g/mol. The van der Waals surface area contributed by atoms with E-state index < -0.39 is 0 Å². The van der Waals surface area contributed by atoms with Gasteiger partial charge in [-0.3, -0.25) is 4.90 Å². The van der Waals surface area contributed by atoms with Gasteiger partial charge in [0.25, 0.3) is 0 Å². The fraction of sp³-hybridized carbons (Fsp3) is 1.00. The lowest BCUT2D eigenvalue weighted by Crippen LogP contribution is -2.52. The van der Waals surface area contributed by atoms with Crippen molar-refractivity contribution >= 4 is 0 Å². The molecule has 1 rings (SSSR count). The smallest absolute Gasteiger partial charge is 0.0306 e. The molecule has 2 heteroatoms. The van der Waals surface area contributed by atoms with Crippen LogP contribution in [0.15, 0.2) is 0 Å². The van der Waals surface area contributed by atoms with Crippen LogP contribution >= 0.6 is 0 Å². The number of rotatable bonds is 6. The van der Waals surface area contributed by atoms with Gasteiger partial charge in [-0.05, 0) is 32.7 Å². The second-order valence-corrected chi connectivity index (χ2v) is 4.47. The second-order valence-electron chi connectivity index (χ2n) is 4.47. The topological polar surface area (TPSA) is 29.3 Å². The molecule has 2 nitrogen and oxygen atoms in total. The number of likely N-dealkylation sites (N-methyl/N-ethyl adjacent to an activating group) is 1. The molecule has 1 unspecified atom stereocenters. The van der Waals surface area contributed by atoms with Crippen LogP contribution in [0.2, 0.25) is 0 Å². The molecule has 13 heavy (non-hydrogen) atoms. The van der Waals surface area contributed by atoms with E-state index in [4.69, 9.17) is 5.73 Å². The zero-order valence-electron chi connectivity index (χ0n) is 9.34. The number of nitrogens with zero attached hydrogens (tertiary/aromatic N) is 1. The predicted molar refractivity (Wildman–Crippen MR) is 57.8 cm³/mol. The van der Waals surface area contributed by atoms with Crippen LogP contribution in [0.3, 0.4) is 0 Å². The third-order valence-corrected chi connectivity index (χ3v) is 3.25. The van der Waals surface area contributed by atoms with Crippen LogP contribution in [-0.4, -0.2) is 29.6 Å². The Hall–Kier alpha value is -0.0800. The van der Waals surface area contributed by atoms with Gasteiger partial charge >= 0.3 is 0 Å². The van der Waals surface area contributed by atoms with Gasteiger partial charge in [-0.15, -0.1) is 0 Å². The molecule has 1 aliphatic carbocycles. The maximum atomic E-state index is 5.89. The predicted octanol–water partition coefficient (Wildman–Crippen LogP) is 1.99. The van der Waals surface area contributed by atoms with Crippen LogP contribution < -0.4 is 5.73 Å². The average molecular weight is 184 g/mol. The molecule has 0 radical (unpaired) electrons. The van der Waals surface area contributed by atoms with Gasteiger partial charge in [0.15, 0.2) is 0 Å². The van der Waals surface area contributed by atoms with Gasteiger partial charge in [0.1, 0.15) is 0 Å². The van der Waals surface area contributed by atoms with Gasteiger partial charge in [-0.25, -0.2) is 0 Å². The minimum atomic E-state index is 0.255. The Kier molecular flexibility index (Phi) is 3.74. The van der Waals surface area contributed by atoms with Crippen molar-refractivity contribution in [1.29, 1.82) is 0 Å². The van der Waals surface area contributed by atoms with Gasteiger partial charge in [-0.2, -0.15) is 0 Å². The highest BCUT2D eigenvalue weighted by molar-refractivity contribution is 4.95. The van der Waals surface area contributed by atoms with Gasteiger partial charge in [0, 0.05) is 18.1 Å². The summed E-state index contributed by atoms with van der Waals surface area (Å²) in [5.41, 5.74) is 6.15. The van der Waals surface area contributed by atoms with Crippen molar-refractivity contribution in [1.82, 2.24) is 4.90 Å². The molecule has 0 bridgehead atoms. The molecule has 1 aliphatic rings. The van der Waals surface area contributed by atoms with Crippen LogP contribution in [-0.2, 0) is 0 Å². The Labute approximate surface area is 82.5 Å². The van der Waals surface area contributed by atoms with Crippen molar-refractivity contribution < 1.29 is 0 Å². The maximum Gasteiger partial charge on any atom is 0.0306 e. The summed E-state index contributed by atoms with van der Waals surface area (Å²) >= 11 is 0. The van der Waals surface area contributed by atoms with E-state index in [0.29, 0.717) is 0 Å². The van der Waals surface area contributed by atoms with Crippen LogP contribution in [0.4, 0.5) is 0 Å². The van der Waals surface area contributed by atoms with Gasteiger partial charge < -0.3 is 5.73 Å². The first-order chi connectivity index (χ1) is 6.18. The minimum Gasteiger partial charge on any atom is -0.329 e. The lowest BCUT2D eigenvalue weighted by Gasteiger charge is -2.40. The molecule has 1 fully saturated rings. The second kappa shape index (κ2) is 4.43. The summed E-state index contributed by atoms with van der Waals surface area (Å²) < 4.78 is 0. The quantitative estimate of drug-likeness (QED) is 0.684. The zero-order valence-corrected chi connectivity index (χ0v) is 9.34. The van der Waals surface area contributed by atoms with Crippen molar-refractivity contribution in [2.45, 2.75) is 58.0 Å². The maximum absolute atomic E-state index is 5.89. The average Bonchev–Trinajstić information content (AvgIpc) is 2.90. The van der Waals surface area contributed by atoms with Crippen molar-refractivity contribution in [2.24, 2.45) is 5.73 Å². The molecule has 0 aromatic carbocycles. The Morgan fingerprint density at radius 2 is 2.00 bits per heavy atom. The van der Waals surface area contributed by atoms with Crippen LogP contribution in [0.25, 0.3) is 0 Å². The molecule has 0 saturated heterocycles. The SMILES string of the molecule is CCCC(C)(CN)N(CC)C1CC1. The van der Waals surface area contributed by atoms with Gasteiger partial charge in [0.05, 0.1) is 0 Å². The number of hydrogen-bond donors (Lipinski definition) is 1. The van der Waals surface area contributed by atoms with Crippen LogP contribution in [0.1, 0.15) is 46.5 Å². The molecule has 0 spiro atoms. The summed E-state index contributed by atoms with van der Waals surface area (Å²) in [6.07, 6.45) is 5.23. The third-order valence-electron chi connectivity index (χ3n) is 3.25. The first kappa shape index (κ1) is 11.0. The molecule has 0 amide bonds. The minimum absolute atomic E-state index is 0.255. The summed E-state index contributed by atoms with van der Waals surface area (Å²) in [6, 6.07) is 0.838. The monoisotopic (exact) mass is 184 g/mol. The standard InChI is InChI=1S/C11H24N2/c1-4-8-11(3,9-12)13(5-2)10-6-7-10/h10H,4-9,12H2,1-3H3. The van der Waals surface area contributed by atoms with Crippen molar-refractivity contribution in [3.8, 4) is 0 Å². The molecule has 0 heterocycles. The fourth-order valence-electron chi connectivity index (χ4n) is 2.37. The van der Waals surface area contributed by atoms with Crippen LogP contribution in [0.5, 0.6) is 0 Å². The summed E-state index contributed by atoms with van der Waals surface area (Å²) in [6.45, 7) is 8.76. The molecule has 0 aliphatic heterocycles. The van der Waals surface area contributed by atoms with E-state index in [2.05, 4.69) is 25.7 Å². The fourth-order valence-corrected chi connectivity index (χ4v) is 2.37. The van der Waals surface area contributed by atoms with E-state index in [1.807, 2.05) is 0 Å². The Morgan fingerprint density at radius 3 is 2.31 bits per heavy atom. The highest BCUT2D eigenvalue weighted by Crippen LogP contribution is 2.34. The van der Waals surface area contributed by atoms with Gasteiger partial charge in [0.2, 0.25) is 0 Å². The van der Waals surface area contributed by atoms with Crippen molar-refractivity contribution in [3.63, 3.8) is 0 Å². The molecule has 78 valence electrons.